The first-order chi connectivity index (χ1) is 14.2. The first-order valence-electron chi connectivity index (χ1n) is 10.1. The average Bonchev–Trinajstić information content (AvgIpc) is 2.73. The molecule has 0 aliphatic heterocycles. The summed E-state index contributed by atoms with van der Waals surface area (Å²) in [7, 11) is 0. The molecule has 0 aliphatic carbocycles. The van der Waals surface area contributed by atoms with Gasteiger partial charge in [-0.2, -0.15) is 0 Å². The second-order valence-electron chi connectivity index (χ2n) is 8.30. The molecule has 0 saturated carbocycles. The van der Waals surface area contributed by atoms with Gasteiger partial charge in [0, 0.05) is 28.4 Å². The summed E-state index contributed by atoms with van der Waals surface area (Å²) < 4.78 is 13.4. The first-order valence-corrected chi connectivity index (χ1v) is 10.1. The minimum Gasteiger partial charge on any atom is -0.347 e. The summed E-state index contributed by atoms with van der Waals surface area (Å²) in [5.41, 5.74) is 3.71. The highest BCUT2D eigenvalue weighted by Crippen LogP contribution is 2.29. The molecule has 0 aliphatic rings. The number of benzene rings is 1. The normalized spacial score (nSPS) is 11.6. The van der Waals surface area contributed by atoms with Crippen LogP contribution in [0.4, 0.5) is 4.39 Å². The van der Waals surface area contributed by atoms with Crippen LogP contribution in [0.2, 0.25) is 0 Å². The SMILES string of the molecule is CCC(C)(C)NC(=O)c1cc(-c2ccc(F)cc2)nc(-c2cncnc2C(C)C)c1. The molecule has 0 unspecified atom stereocenters. The van der Waals surface area contributed by atoms with Crippen molar-refractivity contribution >= 4 is 5.91 Å². The lowest BCUT2D eigenvalue weighted by Crippen LogP contribution is -2.42. The van der Waals surface area contributed by atoms with Crippen LogP contribution in [-0.2, 0) is 0 Å². The zero-order chi connectivity index (χ0) is 21.9. The van der Waals surface area contributed by atoms with E-state index in [4.69, 9.17) is 4.98 Å². The highest BCUT2D eigenvalue weighted by molar-refractivity contribution is 5.96. The van der Waals surface area contributed by atoms with Gasteiger partial charge in [-0.05, 0) is 62.6 Å². The molecular weight excluding hydrogens is 379 g/mol. The number of rotatable bonds is 6. The molecule has 0 fully saturated rings. The van der Waals surface area contributed by atoms with Crippen LogP contribution >= 0.6 is 0 Å². The Morgan fingerprint density at radius 3 is 2.43 bits per heavy atom. The molecule has 30 heavy (non-hydrogen) atoms. The molecular formula is C24H27FN4O. The quantitative estimate of drug-likeness (QED) is 0.596. The predicted molar refractivity (Wildman–Crippen MR) is 117 cm³/mol. The molecule has 1 N–H and O–H groups in total. The van der Waals surface area contributed by atoms with Gasteiger partial charge in [-0.1, -0.05) is 20.8 Å². The average molecular weight is 407 g/mol. The van der Waals surface area contributed by atoms with Crippen LogP contribution in [-0.4, -0.2) is 26.4 Å². The maximum absolute atomic E-state index is 13.4. The molecule has 2 heterocycles. The summed E-state index contributed by atoms with van der Waals surface area (Å²) in [5.74, 6) is -0.344. The van der Waals surface area contributed by atoms with Crippen molar-refractivity contribution in [2.24, 2.45) is 0 Å². The van der Waals surface area contributed by atoms with E-state index in [-0.39, 0.29) is 23.2 Å². The van der Waals surface area contributed by atoms with Gasteiger partial charge in [0.2, 0.25) is 0 Å². The van der Waals surface area contributed by atoms with Gasteiger partial charge in [0.1, 0.15) is 12.1 Å². The van der Waals surface area contributed by atoms with Crippen LogP contribution in [0.25, 0.3) is 22.5 Å². The van der Waals surface area contributed by atoms with Gasteiger partial charge in [-0.3, -0.25) is 4.79 Å². The van der Waals surface area contributed by atoms with E-state index in [1.54, 1.807) is 30.5 Å². The van der Waals surface area contributed by atoms with Crippen LogP contribution in [0.5, 0.6) is 0 Å². The third-order valence-corrected chi connectivity index (χ3v) is 5.13. The Morgan fingerprint density at radius 1 is 1.13 bits per heavy atom. The largest absolute Gasteiger partial charge is 0.347 e. The maximum Gasteiger partial charge on any atom is 0.251 e. The number of halogens is 1. The lowest BCUT2D eigenvalue weighted by molar-refractivity contribution is 0.0911. The number of hydrogen-bond donors (Lipinski definition) is 1. The third kappa shape index (κ3) is 4.87. The first kappa shape index (κ1) is 21.6. The van der Waals surface area contributed by atoms with E-state index in [1.807, 2.05) is 34.6 Å². The number of pyridine rings is 1. The van der Waals surface area contributed by atoms with Crippen molar-refractivity contribution in [2.75, 3.05) is 0 Å². The van der Waals surface area contributed by atoms with Gasteiger partial charge < -0.3 is 5.32 Å². The maximum atomic E-state index is 13.4. The van der Waals surface area contributed by atoms with E-state index in [1.165, 1.54) is 18.5 Å². The molecule has 156 valence electrons. The van der Waals surface area contributed by atoms with E-state index in [0.29, 0.717) is 17.0 Å². The van der Waals surface area contributed by atoms with Gasteiger partial charge in [-0.15, -0.1) is 0 Å². The van der Waals surface area contributed by atoms with Crippen molar-refractivity contribution in [2.45, 2.75) is 52.5 Å². The molecule has 5 nitrogen and oxygen atoms in total. The highest BCUT2D eigenvalue weighted by Gasteiger charge is 2.21. The Bertz CT molecular complexity index is 1050. The summed E-state index contributed by atoms with van der Waals surface area (Å²) in [6.07, 6.45) is 4.03. The summed E-state index contributed by atoms with van der Waals surface area (Å²) >= 11 is 0. The number of hydrogen-bond acceptors (Lipinski definition) is 4. The van der Waals surface area contributed by atoms with Crippen LogP contribution in [0.3, 0.4) is 0 Å². The summed E-state index contributed by atoms with van der Waals surface area (Å²) in [4.78, 5) is 26.4. The fraction of sp³-hybridized carbons (Fsp3) is 0.333. The van der Waals surface area contributed by atoms with Gasteiger partial charge in [0.25, 0.3) is 5.91 Å². The minimum atomic E-state index is -0.338. The number of aromatic nitrogens is 3. The van der Waals surface area contributed by atoms with Crippen molar-refractivity contribution in [3.8, 4) is 22.5 Å². The highest BCUT2D eigenvalue weighted by atomic mass is 19.1. The van der Waals surface area contributed by atoms with E-state index >= 15 is 0 Å². The fourth-order valence-corrected chi connectivity index (χ4v) is 3.03. The fourth-order valence-electron chi connectivity index (χ4n) is 3.03. The lowest BCUT2D eigenvalue weighted by atomic mass is 9.98. The van der Waals surface area contributed by atoms with Gasteiger partial charge in [0.15, 0.2) is 0 Å². The second kappa shape index (κ2) is 8.69. The molecule has 1 amide bonds. The van der Waals surface area contributed by atoms with Gasteiger partial charge in [-0.25, -0.2) is 19.3 Å². The Kier molecular flexibility index (Phi) is 6.25. The summed E-state index contributed by atoms with van der Waals surface area (Å²) in [6.45, 7) is 10.1. The van der Waals surface area contributed by atoms with Crippen LogP contribution in [0, 0.1) is 5.82 Å². The summed E-state index contributed by atoms with van der Waals surface area (Å²) in [5, 5.41) is 3.07. The van der Waals surface area contributed by atoms with Crippen molar-refractivity contribution < 1.29 is 9.18 Å². The smallest absolute Gasteiger partial charge is 0.251 e. The van der Waals surface area contributed by atoms with E-state index in [0.717, 1.165) is 23.2 Å². The number of carbonyl (C=O) groups is 1. The topological polar surface area (TPSA) is 67.8 Å². The Morgan fingerprint density at radius 2 is 1.80 bits per heavy atom. The number of nitrogens with one attached hydrogen (secondary N) is 1. The zero-order valence-corrected chi connectivity index (χ0v) is 18.0. The summed E-state index contributed by atoms with van der Waals surface area (Å²) in [6, 6.07) is 9.58. The van der Waals surface area contributed by atoms with Crippen molar-refractivity contribution in [3.63, 3.8) is 0 Å². The van der Waals surface area contributed by atoms with Gasteiger partial charge in [0.05, 0.1) is 17.1 Å². The molecule has 1 aromatic carbocycles. The zero-order valence-electron chi connectivity index (χ0n) is 18.0. The number of nitrogens with zero attached hydrogens (tertiary/aromatic N) is 3. The van der Waals surface area contributed by atoms with Crippen molar-refractivity contribution in [1.29, 1.82) is 0 Å². The second-order valence-corrected chi connectivity index (χ2v) is 8.30. The van der Waals surface area contributed by atoms with Gasteiger partial charge >= 0.3 is 0 Å². The molecule has 0 saturated heterocycles. The molecule has 0 spiro atoms. The molecule has 3 aromatic rings. The number of amides is 1. The Hall–Kier alpha value is -3.15. The molecule has 3 rings (SSSR count). The monoisotopic (exact) mass is 406 g/mol. The van der Waals surface area contributed by atoms with E-state index in [9.17, 15) is 9.18 Å². The van der Waals surface area contributed by atoms with Crippen molar-refractivity contribution in [1.82, 2.24) is 20.3 Å². The standard InChI is InChI=1S/C24H27FN4O/c1-6-24(4,5)29-23(30)17-11-20(16-7-9-18(25)10-8-16)28-21(12-17)19-13-26-14-27-22(19)15(2)3/h7-15H,6H2,1-5H3,(H,29,30). The Labute approximate surface area is 176 Å². The molecule has 6 heteroatoms. The lowest BCUT2D eigenvalue weighted by Gasteiger charge is -2.24. The molecule has 2 aromatic heterocycles. The molecule has 0 bridgehead atoms. The third-order valence-electron chi connectivity index (χ3n) is 5.13. The van der Waals surface area contributed by atoms with Crippen molar-refractivity contribution in [3.05, 3.63) is 66.0 Å². The molecule has 0 radical (unpaired) electrons. The minimum absolute atomic E-state index is 0.163. The van der Waals surface area contributed by atoms with Crippen LogP contribution in [0.15, 0.2) is 48.9 Å². The molecule has 0 atom stereocenters. The van der Waals surface area contributed by atoms with E-state index in [2.05, 4.69) is 15.3 Å². The predicted octanol–water partition coefficient (Wildman–Crippen LogP) is 5.39. The Balaban J connectivity index is 2.16. The van der Waals surface area contributed by atoms with Crippen LogP contribution in [0.1, 0.15) is 63.0 Å². The number of carbonyl (C=O) groups excluding carboxylic acids is 1. The van der Waals surface area contributed by atoms with E-state index < -0.39 is 0 Å². The van der Waals surface area contributed by atoms with Crippen LogP contribution < -0.4 is 5.32 Å².